The van der Waals surface area contributed by atoms with E-state index in [1.165, 1.54) is 12.1 Å². The molecule has 2 amide bonds. The van der Waals surface area contributed by atoms with Crippen molar-refractivity contribution in [2.24, 2.45) is 11.8 Å². The summed E-state index contributed by atoms with van der Waals surface area (Å²) in [5, 5.41) is 0. The van der Waals surface area contributed by atoms with Crippen molar-refractivity contribution in [2.45, 2.75) is 18.8 Å². The zero-order valence-electron chi connectivity index (χ0n) is 14.2. The minimum atomic E-state index is -0.304. The fourth-order valence-corrected chi connectivity index (χ4v) is 3.92. The molecule has 134 valence electrons. The molecule has 2 aliphatic heterocycles. The SMILES string of the molecule is O=C(C1CC1)N1CC(C(=O)N2CCOCC2)C(c2cccc(F)c2)C1. The fraction of sp³-hybridized carbons (Fsp3) is 0.579. The van der Waals surface area contributed by atoms with Crippen LogP contribution in [0.5, 0.6) is 0 Å². The van der Waals surface area contributed by atoms with Crippen molar-refractivity contribution in [2.75, 3.05) is 39.4 Å². The molecule has 2 unspecified atom stereocenters. The molecule has 2 atom stereocenters. The van der Waals surface area contributed by atoms with Gasteiger partial charge < -0.3 is 14.5 Å². The van der Waals surface area contributed by atoms with Gasteiger partial charge in [0.2, 0.25) is 11.8 Å². The molecule has 0 spiro atoms. The lowest BCUT2D eigenvalue weighted by molar-refractivity contribution is -0.140. The first-order chi connectivity index (χ1) is 12.1. The van der Waals surface area contributed by atoms with Crippen LogP contribution in [0.25, 0.3) is 0 Å². The van der Waals surface area contributed by atoms with Crippen molar-refractivity contribution in [3.63, 3.8) is 0 Å². The highest BCUT2D eigenvalue weighted by atomic mass is 19.1. The number of rotatable bonds is 3. The Morgan fingerprint density at radius 1 is 1.04 bits per heavy atom. The van der Waals surface area contributed by atoms with Crippen LogP contribution in [0.2, 0.25) is 0 Å². The molecule has 4 rings (SSSR count). The molecule has 3 aliphatic rings. The standard InChI is InChI=1S/C19H23FN2O3/c20-15-3-1-2-14(10-15)16-11-22(18(23)13-4-5-13)12-17(16)19(24)21-6-8-25-9-7-21/h1-3,10,13,16-17H,4-9,11-12H2. The van der Waals surface area contributed by atoms with Crippen LogP contribution in [0, 0.1) is 17.7 Å². The molecule has 1 aliphatic carbocycles. The number of nitrogens with zero attached hydrogens (tertiary/aromatic N) is 2. The Balaban J connectivity index is 1.58. The van der Waals surface area contributed by atoms with E-state index < -0.39 is 0 Å². The van der Waals surface area contributed by atoms with Crippen LogP contribution in [0.3, 0.4) is 0 Å². The molecule has 5 nitrogen and oxygen atoms in total. The predicted octanol–water partition coefficient (Wildman–Crippen LogP) is 1.64. The Bertz CT molecular complexity index is 670. The number of hydrogen-bond donors (Lipinski definition) is 0. The van der Waals surface area contributed by atoms with E-state index >= 15 is 0 Å². The van der Waals surface area contributed by atoms with Gasteiger partial charge in [-0.25, -0.2) is 4.39 Å². The van der Waals surface area contributed by atoms with Gasteiger partial charge in [-0.15, -0.1) is 0 Å². The largest absolute Gasteiger partial charge is 0.378 e. The highest BCUT2D eigenvalue weighted by molar-refractivity contribution is 5.85. The van der Waals surface area contributed by atoms with Crippen molar-refractivity contribution in [3.8, 4) is 0 Å². The number of carbonyl (C=O) groups excluding carboxylic acids is 2. The molecule has 0 radical (unpaired) electrons. The molecule has 0 N–H and O–H groups in total. The van der Waals surface area contributed by atoms with Gasteiger partial charge in [-0.3, -0.25) is 9.59 Å². The Morgan fingerprint density at radius 2 is 1.80 bits per heavy atom. The molecule has 2 saturated heterocycles. The van der Waals surface area contributed by atoms with E-state index in [9.17, 15) is 14.0 Å². The van der Waals surface area contributed by atoms with Crippen molar-refractivity contribution < 1.29 is 18.7 Å². The van der Waals surface area contributed by atoms with Crippen molar-refractivity contribution in [3.05, 3.63) is 35.6 Å². The number of likely N-dealkylation sites (tertiary alicyclic amines) is 1. The summed E-state index contributed by atoms with van der Waals surface area (Å²) in [7, 11) is 0. The zero-order chi connectivity index (χ0) is 17.4. The first-order valence-corrected chi connectivity index (χ1v) is 9.04. The number of benzene rings is 1. The van der Waals surface area contributed by atoms with E-state index in [4.69, 9.17) is 4.74 Å². The number of carbonyl (C=O) groups is 2. The minimum absolute atomic E-state index is 0.0589. The van der Waals surface area contributed by atoms with E-state index in [1.807, 2.05) is 15.9 Å². The van der Waals surface area contributed by atoms with Crippen LogP contribution in [-0.4, -0.2) is 61.0 Å². The number of hydrogen-bond acceptors (Lipinski definition) is 3. The Hall–Kier alpha value is -1.95. The topological polar surface area (TPSA) is 49.9 Å². The summed E-state index contributed by atoms with van der Waals surface area (Å²) in [6, 6.07) is 6.44. The van der Waals surface area contributed by atoms with Crippen LogP contribution in [0.15, 0.2) is 24.3 Å². The van der Waals surface area contributed by atoms with Crippen LogP contribution >= 0.6 is 0 Å². The van der Waals surface area contributed by atoms with E-state index in [1.54, 1.807) is 6.07 Å². The molecule has 0 bridgehead atoms. The van der Waals surface area contributed by atoms with Crippen LogP contribution < -0.4 is 0 Å². The van der Waals surface area contributed by atoms with Gasteiger partial charge >= 0.3 is 0 Å². The van der Waals surface area contributed by atoms with E-state index in [2.05, 4.69) is 0 Å². The first-order valence-electron chi connectivity index (χ1n) is 9.04. The molecule has 0 aromatic heterocycles. The minimum Gasteiger partial charge on any atom is -0.378 e. The molecule has 25 heavy (non-hydrogen) atoms. The monoisotopic (exact) mass is 346 g/mol. The van der Waals surface area contributed by atoms with Crippen LogP contribution in [0.1, 0.15) is 24.3 Å². The van der Waals surface area contributed by atoms with Gasteiger partial charge in [0.15, 0.2) is 0 Å². The number of ether oxygens (including phenoxy) is 1. The summed E-state index contributed by atoms with van der Waals surface area (Å²) >= 11 is 0. The second kappa shape index (κ2) is 6.75. The molecular formula is C19H23FN2O3. The van der Waals surface area contributed by atoms with Gasteiger partial charge in [-0.1, -0.05) is 12.1 Å². The predicted molar refractivity (Wildman–Crippen MR) is 89.3 cm³/mol. The highest BCUT2D eigenvalue weighted by Gasteiger charge is 2.45. The lowest BCUT2D eigenvalue weighted by Gasteiger charge is -2.30. The van der Waals surface area contributed by atoms with Gasteiger partial charge in [0.1, 0.15) is 5.82 Å². The quantitative estimate of drug-likeness (QED) is 0.836. The van der Waals surface area contributed by atoms with Crippen molar-refractivity contribution in [1.82, 2.24) is 9.80 Å². The molecular weight excluding hydrogens is 323 g/mol. The second-order valence-electron chi connectivity index (χ2n) is 7.22. The Labute approximate surface area is 146 Å². The maximum Gasteiger partial charge on any atom is 0.228 e. The van der Waals surface area contributed by atoms with Gasteiger partial charge in [0, 0.05) is 38.0 Å². The summed E-state index contributed by atoms with van der Waals surface area (Å²) in [5.41, 5.74) is 0.803. The summed E-state index contributed by atoms with van der Waals surface area (Å²) < 4.78 is 19.0. The molecule has 6 heteroatoms. The third-order valence-corrected chi connectivity index (χ3v) is 5.47. The van der Waals surface area contributed by atoms with E-state index in [-0.39, 0.29) is 35.4 Å². The van der Waals surface area contributed by atoms with Gasteiger partial charge in [-0.05, 0) is 30.5 Å². The van der Waals surface area contributed by atoms with Gasteiger partial charge in [0.25, 0.3) is 0 Å². The Kier molecular flexibility index (Phi) is 4.46. The summed E-state index contributed by atoms with van der Waals surface area (Å²) in [4.78, 5) is 29.2. The molecule has 2 heterocycles. The third-order valence-electron chi connectivity index (χ3n) is 5.47. The molecule has 1 saturated carbocycles. The van der Waals surface area contributed by atoms with Gasteiger partial charge in [-0.2, -0.15) is 0 Å². The van der Waals surface area contributed by atoms with E-state index in [0.717, 1.165) is 18.4 Å². The normalized spacial score (nSPS) is 26.8. The summed E-state index contributed by atoms with van der Waals surface area (Å²) in [6.45, 7) is 3.21. The average molecular weight is 346 g/mol. The Morgan fingerprint density at radius 3 is 2.48 bits per heavy atom. The third kappa shape index (κ3) is 3.40. The lowest BCUT2D eigenvalue weighted by Crippen LogP contribution is -2.45. The van der Waals surface area contributed by atoms with Crippen molar-refractivity contribution in [1.29, 1.82) is 0 Å². The smallest absolute Gasteiger partial charge is 0.228 e. The maximum atomic E-state index is 13.7. The number of amides is 2. The van der Waals surface area contributed by atoms with E-state index in [0.29, 0.717) is 39.4 Å². The zero-order valence-corrected chi connectivity index (χ0v) is 14.2. The van der Waals surface area contributed by atoms with Crippen LogP contribution in [-0.2, 0) is 14.3 Å². The number of halogens is 1. The van der Waals surface area contributed by atoms with Gasteiger partial charge in [0.05, 0.1) is 19.1 Å². The molecule has 1 aromatic rings. The average Bonchev–Trinajstić information content (AvgIpc) is 3.39. The molecule has 1 aromatic carbocycles. The summed E-state index contributed by atoms with van der Waals surface area (Å²) in [6.07, 6.45) is 1.89. The lowest BCUT2D eigenvalue weighted by atomic mass is 9.88. The van der Waals surface area contributed by atoms with Crippen LogP contribution in [0.4, 0.5) is 4.39 Å². The highest BCUT2D eigenvalue weighted by Crippen LogP contribution is 2.38. The number of morpholine rings is 1. The van der Waals surface area contributed by atoms with Crippen molar-refractivity contribution >= 4 is 11.8 Å². The fourth-order valence-electron chi connectivity index (χ4n) is 3.92. The maximum absolute atomic E-state index is 13.7. The molecule has 3 fully saturated rings. The first kappa shape index (κ1) is 16.5. The summed E-state index contributed by atoms with van der Waals surface area (Å²) in [5.74, 6) is -0.411. The second-order valence-corrected chi connectivity index (χ2v) is 7.22.